The highest BCUT2D eigenvalue weighted by Gasteiger charge is 2.30. The highest BCUT2D eigenvalue weighted by Crippen LogP contribution is 2.17. The van der Waals surface area contributed by atoms with Gasteiger partial charge in [-0.25, -0.2) is 0 Å². The fraction of sp³-hybridized carbons (Fsp3) is 0.462. The number of aromatic nitrogens is 1. The molecule has 1 aromatic heterocycles. The van der Waals surface area contributed by atoms with E-state index < -0.39 is 23.5 Å². The second kappa shape index (κ2) is 6.06. The number of amides is 1. The SMILES string of the molecule is CC(=O)Oc1c(C(=O)N2CCOC[C@H]2N)n(C)ccc1=O. The van der Waals surface area contributed by atoms with Crippen molar-refractivity contribution in [1.29, 1.82) is 0 Å². The van der Waals surface area contributed by atoms with Crippen LogP contribution in [0.5, 0.6) is 5.75 Å². The predicted molar refractivity (Wildman–Crippen MR) is 72.8 cm³/mol. The van der Waals surface area contributed by atoms with Crippen molar-refractivity contribution in [2.45, 2.75) is 13.1 Å². The first-order chi connectivity index (χ1) is 9.91. The van der Waals surface area contributed by atoms with E-state index in [0.717, 1.165) is 0 Å². The van der Waals surface area contributed by atoms with Crippen molar-refractivity contribution in [1.82, 2.24) is 9.47 Å². The lowest BCUT2D eigenvalue weighted by Gasteiger charge is -2.33. The van der Waals surface area contributed by atoms with E-state index in [1.807, 2.05) is 0 Å². The Hall–Kier alpha value is -2.19. The van der Waals surface area contributed by atoms with Gasteiger partial charge in [-0.2, -0.15) is 0 Å². The molecule has 2 heterocycles. The second-order valence-corrected chi connectivity index (χ2v) is 4.70. The lowest BCUT2D eigenvalue weighted by atomic mass is 10.2. The third-order valence-corrected chi connectivity index (χ3v) is 3.12. The Labute approximate surface area is 121 Å². The molecule has 1 aliphatic rings. The Balaban J connectivity index is 2.46. The fourth-order valence-corrected chi connectivity index (χ4v) is 2.11. The number of carbonyl (C=O) groups excluding carboxylic acids is 2. The second-order valence-electron chi connectivity index (χ2n) is 4.70. The number of nitrogens with zero attached hydrogens (tertiary/aromatic N) is 2. The van der Waals surface area contributed by atoms with Gasteiger partial charge in [-0.05, 0) is 0 Å². The van der Waals surface area contributed by atoms with Crippen LogP contribution in [0.3, 0.4) is 0 Å². The summed E-state index contributed by atoms with van der Waals surface area (Å²) in [5.74, 6) is -1.42. The number of pyridine rings is 1. The molecule has 1 fully saturated rings. The molecule has 0 spiro atoms. The quantitative estimate of drug-likeness (QED) is 0.707. The minimum Gasteiger partial charge on any atom is -0.420 e. The highest BCUT2D eigenvalue weighted by molar-refractivity contribution is 5.96. The molecule has 1 aliphatic heterocycles. The largest absolute Gasteiger partial charge is 0.420 e. The molecular weight excluding hydrogens is 278 g/mol. The van der Waals surface area contributed by atoms with Crippen molar-refractivity contribution < 1.29 is 19.1 Å². The number of hydrogen-bond acceptors (Lipinski definition) is 6. The summed E-state index contributed by atoms with van der Waals surface area (Å²) in [5, 5.41) is 0. The van der Waals surface area contributed by atoms with Gasteiger partial charge in [0.2, 0.25) is 11.2 Å². The van der Waals surface area contributed by atoms with E-state index in [4.69, 9.17) is 15.2 Å². The van der Waals surface area contributed by atoms with E-state index in [-0.39, 0.29) is 18.1 Å². The van der Waals surface area contributed by atoms with Gasteiger partial charge in [0.05, 0.1) is 13.2 Å². The molecule has 0 bridgehead atoms. The van der Waals surface area contributed by atoms with E-state index in [0.29, 0.717) is 13.2 Å². The number of aryl methyl sites for hydroxylation is 1. The molecule has 0 saturated carbocycles. The first-order valence-corrected chi connectivity index (χ1v) is 6.44. The molecule has 0 aliphatic carbocycles. The Morgan fingerprint density at radius 3 is 2.81 bits per heavy atom. The average molecular weight is 295 g/mol. The molecule has 1 saturated heterocycles. The van der Waals surface area contributed by atoms with Crippen LogP contribution < -0.4 is 15.9 Å². The van der Waals surface area contributed by atoms with Crippen molar-refractivity contribution in [2.24, 2.45) is 12.8 Å². The lowest BCUT2D eigenvalue weighted by Crippen LogP contribution is -2.54. The van der Waals surface area contributed by atoms with Gasteiger partial charge in [0.25, 0.3) is 5.91 Å². The Morgan fingerprint density at radius 2 is 2.19 bits per heavy atom. The van der Waals surface area contributed by atoms with Gasteiger partial charge in [0.15, 0.2) is 5.69 Å². The van der Waals surface area contributed by atoms with Gasteiger partial charge in [-0.3, -0.25) is 14.4 Å². The molecular formula is C13H17N3O5. The molecule has 2 rings (SSSR count). The van der Waals surface area contributed by atoms with E-state index in [1.54, 1.807) is 7.05 Å². The van der Waals surface area contributed by atoms with Crippen molar-refractivity contribution >= 4 is 11.9 Å². The zero-order chi connectivity index (χ0) is 15.6. The maximum absolute atomic E-state index is 12.6. The van der Waals surface area contributed by atoms with Gasteiger partial charge in [-0.1, -0.05) is 0 Å². The molecule has 2 N–H and O–H groups in total. The summed E-state index contributed by atoms with van der Waals surface area (Å²) in [7, 11) is 1.59. The fourth-order valence-electron chi connectivity index (χ4n) is 2.11. The van der Waals surface area contributed by atoms with E-state index in [2.05, 4.69) is 0 Å². The van der Waals surface area contributed by atoms with Crippen LogP contribution in [0.25, 0.3) is 0 Å². The molecule has 0 unspecified atom stereocenters. The number of esters is 1. The highest BCUT2D eigenvalue weighted by atomic mass is 16.5. The van der Waals surface area contributed by atoms with E-state index >= 15 is 0 Å². The summed E-state index contributed by atoms with van der Waals surface area (Å²) in [6.07, 6.45) is 0.834. The smallest absolute Gasteiger partial charge is 0.308 e. The van der Waals surface area contributed by atoms with Gasteiger partial charge in [-0.15, -0.1) is 0 Å². The van der Waals surface area contributed by atoms with Crippen molar-refractivity contribution in [3.8, 4) is 5.75 Å². The summed E-state index contributed by atoms with van der Waals surface area (Å²) in [6, 6.07) is 1.23. The molecule has 8 heteroatoms. The first kappa shape index (κ1) is 15.2. The van der Waals surface area contributed by atoms with Crippen molar-refractivity contribution in [3.63, 3.8) is 0 Å². The molecule has 21 heavy (non-hydrogen) atoms. The summed E-state index contributed by atoms with van der Waals surface area (Å²) < 4.78 is 11.5. The molecule has 1 amide bonds. The number of hydrogen-bond donors (Lipinski definition) is 1. The first-order valence-electron chi connectivity index (χ1n) is 6.44. The van der Waals surface area contributed by atoms with E-state index in [9.17, 15) is 14.4 Å². The number of carbonyl (C=O) groups is 2. The number of nitrogens with two attached hydrogens (primary N) is 1. The van der Waals surface area contributed by atoms with Gasteiger partial charge in [0, 0.05) is 32.8 Å². The van der Waals surface area contributed by atoms with Gasteiger partial charge >= 0.3 is 5.97 Å². The Bertz CT molecular complexity index is 625. The lowest BCUT2D eigenvalue weighted by molar-refractivity contribution is -0.132. The topological polar surface area (TPSA) is 104 Å². The number of ether oxygens (including phenoxy) is 2. The summed E-state index contributed by atoms with van der Waals surface area (Å²) in [5.41, 5.74) is 5.30. The zero-order valence-electron chi connectivity index (χ0n) is 11.9. The molecule has 8 nitrogen and oxygen atoms in total. The molecule has 1 aromatic rings. The number of rotatable bonds is 2. The standard InChI is InChI=1S/C13H17N3O5/c1-8(17)21-12-9(18)3-4-15(2)11(12)13(19)16-5-6-20-7-10(16)14/h3-4,10H,5-7,14H2,1-2H3/t10-/m0/s1. The third-order valence-electron chi connectivity index (χ3n) is 3.12. The maximum atomic E-state index is 12.6. The van der Waals surface area contributed by atoms with Crippen LogP contribution in [-0.2, 0) is 16.6 Å². The van der Waals surface area contributed by atoms with Gasteiger partial charge in [0.1, 0.15) is 6.17 Å². The Kier molecular flexibility index (Phi) is 4.39. The van der Waals surface area contributed by atoms with Crippen molar-refractivity contribution in [3.05, 3.63) is 28.2 Å². The van der Waals surface area contributed by atoms with Crippen LogP contribution >= 0.6 is 0 Å². The van der Waals surface area contributed by atoms with Crippen LogP contribution in [0.2, 0.25) is 0 Å². The monoisotopic (exact) mass is 295 g/mol. The van der Waals surface area contributed by atoms with Gasteiger partial charge < -0.3 is 24.7 Å². The van der Waals surface area contributed by atoms with Crippen LogP contribution in [0, 0.1) is 0 Å². The molecule has 0 radical (unpaired) electrons. The summed E-state index contributed by atoms with van der Waals surface area (Å²) >= 11 is 0. The van der Waals surface area contributed by atoms with Crippen LogP contribution in [0.1, 0.15) is 17.4 Å². The summed E-state index contributed by atoms with van der Waals surface area (Å²) in [6.45, 7) is 2.06. The van der Waals surface area contributed by atoms with Crippen LogP contribution in [0.4, 0.5) is 0 Å². The minimum absolute atomic E-state index is 0.00458. The molecule has 0 aromatic carbocycles. The minimum atomic E-state index is -0.668. The van der Waals surface area contributed by atoms with E-state index in [1.165, 1.54) is 28.7 Å². The van der Waals surface area contributed by atoms with Crippen LogP contribution in [-0.4, -0.2) is 47.3 Å². The maximum Gasteiger partial charge on any atom is 0.308 e. The Morgan fingerprint density at radius 1 is 1.48 bits per heavy atom. The van der Waals surface area contributed by atoms with Crippen molar-refractivity contribution in [2.75, 3.05) is 19.8 Å². The summed E-state index contributed by atoms with van der Waals surface area (Å²) in [4.78, 5) is 37.1. The molecule has 114 valence electrons. The zero-order valence-corrected chi connectivity index (χ0v) is 11.9. The average Bonchev–Trinajstić information content (AvgIpc) is 2.42. The normalized spacial score (nSPS) is 18.4. The molecule has 1 atom stereocenters. The number of morpholine rings is 1. The van der Waals surface area contributed by atoms with Crippen LogP contribution in [0.15, 0.2) is 17.1 Å². The predicted octanol–water partition coefficient (Wildman–Crippen LogP) is -0.932. The third kappa shape index (κ3) is 3.11.